The average molecular weight is 482 g/mol. The number of rotatable bonds is 7. The highest BCUT2D eigenvalue weighted by atomic mass is 35.5. The standard InChI is InChI=1S/C23H17Cl2N5O3/c24-20-9-4-16(13-21(20)25)14-28(15-17-3-1-2-11-26-17)23(31)22-10-12-29(27-22)18-5-7-19(8-6-18)30(32)33/h1-13H,14-15H2. The van der Waals surface area contributed by atoms with Crippen LogP contribution in [0.1, 0.15) is 21.7 Å². The molecule has 10 heteroatoms. The van der Waals surface area contributed by atoms with Crippen molar-refractivity contribution in [1.82, 2.24) is 19.7 Å². The number of benzene rings is 2. The maximum atomic E-state index is 13.4. The first-order valence-corrected chi connectivity index (χ1v) is 10.6. The van der Waals surface area contributed by atoms with E-state index in [1.54, 1.807) is 53.7 Å². The van der Waals surface area contributed by atoms with Crippen LogP contribution in [0.2, 0.25) is 10.0 Å². The molecule has 0 bridgehead atoms. The summed E-state index contributed by atoms with van der Waals surface area (Å²) in [7, 11) is 0. The van der Waals surface area contributed by atoms with Crippen LogP contribution in [0.25, 0.3) is 5.69 Å². The monoisotopic (exact) mass is 481 g/mol. The van der Waals surface area contributed by atoms with E-state index < -0.39 is 4.92 Å². The SMILES string of the molecule is O=C(c1ccn(-c2ccc([N+](=O)[O-])cc2)n1)N(Cc1ccc(Cl)c(Cl)c1)Cc1ccccn1. The largest absolute Gasteiger partial charge is 0.327 e. The topological polar surface area (TPSA) is 94.2 Å². The van der Waals surface area contributed by atoms with Crippen LogP contribution in [0, 0.1) is 10.1 Å². The molecule has 33 heavy (non-hydrogen) atoms. The first kappa shape index (κ1) is 22.4. The number of nitrogens with zero attached hydrogens (tertiary/aromatic N) is 5. The van der Waals surface area contributed by atoms with E-state index in [0.717, 1.165) is 11.3 Å². The molecule has 2 heterocycles. The predicted molar refractivity (Wildman–Crippen MR) is 124 cm³/mol. The molecule has 2 aromatic heterocycles. The normalized spacial score (nSPS) is 10.7. The maximum absolute atomic E-state index is 13.4. The molecule has 0 radical (unpaired) electrons. The minimum absolute atomic E-state index is 0.0228. The molecule has 0 aliphatic heterocycles. The second-order valence-electron chi connectivity index (χ2n) is 7.15. The summed E-state index contributed by atoms with van der Waals surface area (Å²) in [5.74, 6) is -0.299. The van der Waals surface area contributed by atoms with Gasteiger partial charge in [-0.1, -0.05) is 35.3 Å². The zero-order valence-electron chi connectivity index (χ0n) is 17.1. The molecule has 8 nitrogen and oxygen atoms in total. The van der Waals surface area contributed by atoms with Gasteiger partial charge in [0.25, 0.3) is 11.6 Å². The summed E-state index contributed by atoms with van der Waals surface area (Å²) in [6.45, 7) is 0.543. The number of nitro benzene ring substituents is 1. The number of halogens is 2. The van der Waals surface area contributed by atoms with E-state index in [0.29, 0.717) is 15.7 Å². The first-order valence-electron chi connectivity index (χ1n) is 9.84. The second kappa shape index (κ2) is 9.81. The summed E-state index contributed by atoms with van der Waals surface area (Å²) in [6, 6.07) is 18.2. The van der Waals surface area contributed by atoms with Gasteiger partial charge in [0, 0.05) is 31.1 Å². The first-order chi connectivity index (χ1) is 15.9. The van der Waals surface area contributed by atoms with E-state index in [9.17, 15) is 14.9 Å². The quantitative estimate of drug-likeness (QED) is 0.262. The molecule has 4 rings (SSSR count). The van der Waals surface area contributed by atoms with E-state index in [-0.39, 0.29) is 30.4 Å². The van der Waals surface area contributed by atoms with Crippen LogP contribution in [0.5, 0.6) is 0 Å². The number of aromatic nitrogens is 3. The molecule has 0 aliphatic rings. The van der Waals surface area contributed by atoms with Crippen LogP contribution < -0.4 is 0 Å². The molecule has 0 fully saturated rings. The Balaban J connectivity index is 1.60. The number of carbonyl (C=O) groups is 1. The lowest BCUT2D eigenvalue weighted by Gasteiger charge is -2.22. The zero-order chi connectivity index (χ0) is 23.4. The van der Waals surface area contributed by atoms with Crippen LogP contribution in [0.3, 0.4) is 0 Å². The molecule has 166 valence electrons. The molecule has 0 aliphatic carbocycles. The van der Waals surface area contributed by atoms with Gasteiger partial charge in [-0.3, -0.25) is 19.9 Å². The summed E-state index contributed by atoms with van der Waals surface area (Å²) in [6.07, 6.45) is 3.30. The van der Waals surface area contributed by atoms with Gasteiger partial charge in [0.15, 0.2) is 5.69 Å². The van der Waals surface area contributed by atoms with E-state index in [1.165, 1.54) is 16.8 Å². The summed E-state index contributed by atoms with van der Waals surface area (Å²) < 4.78 is 1.50. The van der Waals surface area contributed by atoms with Crippen molar-refractivity contribution in [2.75, 3.05) is 0 Å². The minimum atomic E-state index is -0.472. The molecular formula is C23H17Cl2N5O3. The predicted octanol–water partition coefficient (Wildman–Crippen LogP) is 5.32. The average Bonchev–Trinajstić information content (AvgIpc) is 3.31. The molecule has 0 saturated carbocycles. The highest BCUT2D eigenvalue weighted by molar-refractivity contribution is 6.42. The number of pyridine rings is 1. The molecule has 4 aromatic rings. The fourth-order valence-electron chi connectivity index (χ4n) is 3.22. The Morgan fingerprint density at radius 1 is 1.00 bits per heavy atom. The van der Waals surface area contributed by atoms with Crippen molar-refractivity contribution in [3.63, 3.8) is 0 Å². The van der Waals surface area contributed by atoms with Crippen molar-refractivity contribution < 1.29 is 9.72 Å². The van der Waals surface area contributed by atoms with Gasteiger partial charge in [0.2, 0.25) is 0 Å². The Kier molecular flexibility index (Phi) is 6.67. The van der Waals surface area contributed by atoms with Crippen molar-refractivity contribution in [2.24, 2.45) is 0 Å². The van der Waals surface area contributed by atoms with Crippen LogP contribution in [-0.4, -0.2) is 30.5 Å². The van der Waals surface area contributed by atoms with E-state index in [4.69, 9.17) is 23.2 Å². The van der Waals surface area contributed by atoms with Gasteiger partial charge in [-0.25, -0.2) is 4.68 Å². The van der Waals surface area contributed by atoms with Crippen LogP contribution in [0.15, 0.2) is 79.1 Å². The fraction of sp³-hybridized carbons (Fsp3) is 0.0870. The van der Waals surface area contributed by atoms with Crippen LogP contribution in [0.4, 0.5) is 5.69 Å². The van der Waals surface area contributed by atoms with E-state index >= 15 is 0 Å². The Hall–Kier alpha value is -3.75. The molecular weight excluding hydrogens is 465 g/mol. The van der Waals surface area contributed by atoms with Gasteiger partial charge in [-0.2, -0.15) is 5.10 Å². The van der Waals surface area contributed by atoms with Crippen LogP contribution >= 0.6 is 23.2 Å². The third-order valence-corrected chi connectivity index (χ3v) is 5.60. The van der Waals surface area contributed by atoms with Crippen LogP contribution in [-0.2, 0) is 13.1 Å². The molecule has 0 unspecified atom stereocenters. The molecule has 0 saturated heterocycles. The second-order valence-corrected chi connectivity index (χ2v) is 7.96. The molecule has 0 atom stereocenters. The summed E-state index contributed by atoms with van der Waals surface area (Å²) >= 11 is 12.2. The fourth-order valence-corrected chi connectivity index (χ4v) is 3.54. The van der Waals surface area contributed by atoms with E-state index in [2.05, 4.69) is 10.1 Å². The lowest BCUT2D eigenvalue weighted by molar-refractivity contribution is -0.384. The number of nitro groups is 1. The number of hydrogen-bond acceptors (Lipinski definition) is 5. The van der Waals surface area contributed by atoms with Gasteiger partial charge in [-0.05, 0) is 48.0 Å². The number of amides is 1. The highest BCUT2D eigenvalue weighted by Gasteiger charge is 2.20. The minimum Gasteiger partial charge on any atom is -0.327 e. The summed E-state index contributed by atoms with van der Waals surface area (Å²) in [4.78, 5) is 29.7. The maximum Gasteiger partial charge on any atom is 0.275 e. The Morgan fingerprint density at radius 2 is 1.79 bits per heavy atom. The van der Waals surface area contributed by atoms with Crippen molar-refractivity contribution in [3.05, 3.63) is 116 Å². The number of non-ortho nitro benzene ring substituents is 1. The highest BCUT2D eigenvalue weighted by Crippen LogP contribution is 2.24. The lowest BCUT2D eigenvalue weighted by Crippen LogP contribution is -2.31. The third-order valence-electron chi connectivity index (χ3n) is 4.86. The van der Waals surface area contributed by atoms with E-state index in [1.807, 2.05) is 18.2 Å². The Labute approximate surface area is 199 Å². The Morgan fingerprint density at radius 3 is 2.45 bits per heavy atom. The van der Waals surface area contributed by atoms with Gasteiger partial charge >= 0.3 is 0 Å². The third kappa shape index (κ3) is 5.36. The molecule has 1 amide bonds. The van der Waals surface area contributed by atoms with Gasteiger partial charge in [0.1, 0.15) is 0 Å². The lowest BCUT2D eigenvalue weighted by atomic mass is 10.2. The van der Waals surface area contributed by atoms with Gasteiger partial charge in [0.05, 0.1) is 32.9 Å². The number of carbonyl (C=O) groups excluding carboxylic acids is 1. The number of hydrogen-bond donors (Lipinski definition) is 0. The van der Waals surface area contributed by atoms with Crippen molar-refractivity contribution in [3.8, 4) is 5.69 Å². The molecule has 2 aromatic carbocycles. The van der Waals surface area contributed by atoms with Crippen molar-refractivity contribution in [2.45, 2.75) is 13.1 Å². The van der Waals surface area contributed by atoms with Crippen molar-refractivity contribution in [1.29, 1.82) is 0 Å². The van der Waals surface area contributed by atoms with Gasteiger partial charge < -0.3 is 4.90 Å². The zero-order valence-corrected chi connectivity index (χ0v) is 18.6. The van der Waals surface area contributed by atoms with Crippen molar-refractivity contribution >= 4 is 34.8 Å². The smallest absolute Gasteiger partial charge is 0.275 e. The Bertz CT molecular complexity index is 1290. The van der Waals surface area contributed by atoms with Gasteiger partial charge in [-0.15, -0.1) is 0 Å². The molecule has 0 N–H and O–H groups in total. The summed E-state index contributed by atoms with van der Waals surface area (Å²) in [5, 5.41) is 16.1. The summed E-state index contributed by atoms with van der Waals surface area (Å²) in [5.41, 5.74) is 2.33. The molecule has 0 spiro atoms.